The third-order valence-corrected chi connectivity index (χ3v) is 5.40. The van der Waals surface area contributed by atoms with Crippen LogP contribution in [-0.4, -0.2) is 5.78 Å². The quantitative estimate of drug-likeness (QED) is 0.675. The van der Waals surface area contributed by atoms with Crippen LogP contribution in [0, 0.1) is 5.92 Å². The first kappa shape index (κ1) is 14.5. The molecule has 0 amide bonds. The molecule has 3 aromatic rings. The number of hydrogen-bond acceptors (Lipinski definition) is 2. The minimum absolute atomic E-state index is 0.0875. The van der Waals surface area contributed by atoms with E-state index in [0.717, 1.165) is 19.3 Å². The van der Waals surface area contributed by atoms with Gasteiger partial charge in [-0.25, -0.2) is 0 Å². The van der Waals surface area contributed by atoms with Gasteiger partial charge < -0.3 is 4.42 Å². The van der Waals surface area contributed by atoms with Gasteiger partial charge in [-0.15, -0.1) is 0 Å². The molecule has 0 N–H and O–H groups in total. The second-order valence-corrected chi connectivity index (χ2v) is 6.82. The Balaban J connectivity index is 1.68. The Hall–Kier alpha value is -2.87. The van der Waals surface area contributed by atoms with Crippen LogP contribution in [0.5, 0.6) is 0 Å². The van der Waals surface area contributed by atoms with Crippen LogP contribution in [0.2, 0.25) is 0 Å². The summed E-state index contributed by atoms with van der Waals surface area (Å²) >= 11 is 0. The summed E-state index contributed by atoms with van der Waals surface area (Å²) in [5.41, 5.74) is 5.31. The Morgan fingerprint density at radius 1 is 0.920 bits per heavy atom. The van der Waals surface area contributed by atoms with Crippen LogP contribution >= 0.6 is 0 Å². The molecule has 0 bridgehead atoms. The molecular formula is C23H18O2. The molecular weight excluding hydrogens is 308 g/mol. The summed E-state index contributed by atoms with van der Waals surface area (Å²) < 4.78 is 5.32. The summed E-state index contributed by atoms with van der Waals surface area (Å²) in [6, 6.07) is 16.6. The smallest absolute Gasteiger partial charge is 0.204 e. The van der Waals surface area contributed by atoms with E-state index in [9.17, 15) is 4.79 Å². The third-order valence-electron chi connectivity index (χ3n) is 5.40. The van der Waals surface area contributed by atoms with Crippen LogP contribution in [0.15, 0.2) is 59.2 Å². The van der Waals surface area contributed by atoms with Gasteiger partial charge in [0, 0.05) is 5.92 Å². The first-order valence-corrected chi connectivity index (χ1v) is 8.81. The van der Waals surface area contributed by atoms with E-state index in [1.165, 1.54) is 32.7 Å². The summed E-state index contributed by atoms with van der Waals surface area (Å²) in [5.74, 6) is 0.448. The van der Waals surface area contributed by atoms with E-state index in [-0.39, 0.29) is 11.7 Å². The lowest BCUT2D eigenvalue weighted by atomic mass is 9.83. The zero-order valence-electron chi connectivity index (χ0n) is 13.9. The maximum Gasteiger partial charge on any atom is 0.204 e. The van der Waals surface area contributed by atoms with Crippen molar-refractivity contribution in [3.05, 3.63) is 82.1 Å². The molecule has 0 radical (unpaired) electrons. The number of aryl methyl sites for hydroxylation is 1. The zero-order chi connectivity index (χ0) is 16.8. The van der Waals surface area contributed by atoms with Crippen molar-refractivity contribution in [1.82, 2.24) is 0 Å². The van der Waals surface area contributed by atoms with E-state index < -0.39 is 0 Å². The predicted octanol–water partition coefficient (Wildman–Crippen LogP) is 3.51. The van der Waals surface area contributed by atoms with Gasteiger partial charge in [0.25, 0.3) is 0 Å². The van der Waals surface area contributed by atoms with Gasteiger partial charge in [0.2, 0.25) is 5.78 Å². The molecule has 1 heterocycles. The Morgan fingerprint density at radius 2 is 1.84 bits per heavy atom. The Labute approximate surface area is 146 Å². The highest BCUT2D eigenvalue weighted by Gasteiger charge is 2.24. The fraction of sp³-hybridized carbons (Fsp3) is 0.174. The number of fused-ring (bicyclic) bond motifs is 5. The molecule has 1 aromatic heterocycles. The summed E-state index contributed by atoms with van der Waals surface area (Å²) in [6.07, 6.45) is 8.77. The van der Waals surface area contributed by atoms with Gasteiger partial charge in [-0.3, -0.25) is 4.79 Å². The third kappa shape index (κ3) is 2.29. The molecule has 25 heavy (non-hydrogen) atoms. The van der Waals surface area contributed by atoms with Gasteiger partial charge in [0.1, 0.15) is 0 Å². The van der Waals surface area contributed by atoms with Crippen molar-refractivity contribution in [1.29, 1.82) is 0 Å². The molecule has 2 aliphatic carbocycles. The van der Waals surface area contributed by atoms with E-state index in [2.05, 4.69) is 48.6 Å². The SMILES string of the molecule is O=C(c1ccco1)C1C=c2c(ccc3c2=CCc2ccccc2-3)CC1. The van der Waals surface area contributed by atoms with E-state index in [0.29, 0.717) is 5.76 Å². The molecule has 0 saturated heterocycles. The topological polar surface area (TPSA) is 30.2 Å². The Kier molecular flexibility index (Phi) is 3.24. The monoisotopic (exact) mass is 326 g/mol. The summed E-state index contributed by atoms with van der Waals surface area (Å²) in [4.78, 5) is 12.7. The van der Waals surface area contributed by atoms with Gasteiger partial charge >= 0.3 is 0 Å². The van der Waals surface area contributed by atoms with Crippen molar-refractivity contribution in [2.24, 2.45) is 5.92 Å². The Morgan fingerprint density at radius 3 is 2.72 bits per heavy atom. The average Bonchev–Trinajstić information content (AvgIpc) is 3.21. The van der Waals surface area contributed by atoms with Crippen LogP contribution in [0.4, 0.5) is 0 Å². The van der Waals surface area contributed by atoms with Gasteiger partial charge in [0.15, 0.2) is 5.76 Å². The van der Waals surface area contributed by atoms with Crippen LogP contribution in [0.1, 0.15) is 28.1 Å². The van der Waals surface area contributed by atoms with Crippen LogP contribution in [0.3, 0.4) is 0 Å². The summed E-state index contributed by atoms with van der Waals surface area (Å²) in [7, 11) is 0. The van der Waals surface area contributed by atoms with Crippen molar-refractivity contribution in [3.63, 3.8) is 0 Å². The molecule has 0 spiro atoms. The fourth-order valence-corrected chi connectivity index (χ4v) is 4.13. The molecule has 2 nitrogen and oxygen atoms in total. The van der Waals surface area contributed by atoms with E-state index >= 15 is 0 Å². The number of carbonyl (C=O) groups excluding carboxylic acids is 1. The van der Waals surface area contributed by atoms with Crippen LogP contribution in [-0.2, 0) is 12.8 Å². The average molecular weight is 326 g/mol. The standard InChI is InChI=1S/C23H18O2/c24-23(22-6-3-13-25-22)17-8-7-16-10-11-19-18-5-2-1-4-15(18)9-12-20(19)21(16)14-17/h1-6,10-14,17H,7-9H2. The maximum atomic E-state index is 12.7. The number of carbonyl (C=O) groups is 1. The highest BCUT2D eigenvalue weighted by atomic mass is 16.3. The van der Waals surface area contributed by atoms with Crippen LogP contribution in [0.25, 0.3) is 23.3 Å². The lowest BCUT2D eigenvalue weighted by molar-refractivity contribution is 0.0919. The summed E-state index contributed by atoms with van der Waals surface area (Å²) in [5, 5.41) is 2.52. The minimum atomic E-state index is -0.101. The molecule has 0 fully saturated rings. The fourth-order valence-electron chi connectivity index (χ4n) is 4.13. The molecule has 5 rings (SSSR count). The number of benzene rings is 2. The molecule has 0 saturated carbocycles. The molecule has 2 heteroatoms. The normalized spacial score (nSPS) is 17.5. The van der Waals surface area contributed by atoms with E-state index in [1.807, 2.05) is 0 Å². The van der Waals surface area contributed by atoms with Crippen LogP contribution < -0.4 is 10.4 Å². The first-order valence-electron chi connectivity index (χ1n) is 8.81. The molecule has 2 aliphatic rings. The van der Waals surface area contributed by atoms with E-state index in [4.69, 9.17) is 4.42 Å². The largest absolute Gasteiger partial charge is 0.461 e. The predicted molar refractivity (Wildman–Crippen MR) is 98.6 cm³/mol. The lowest BCUT2D eigenvalue weighted by Crippen LogP contribution is -2.37. The van der Waals surface area contributed by atoms with Gasteiger partial charge in [-0.2, -0.15) is 0 Å². The number of ketones is 1. The van der Waals surface area contributed by atoms with Gasteiger partial charge in [-0.05, 0) is 64.1 Å². The second kappa shape index (κ2) is 5.59. The maximum absolute atomic E-state index is 12.7. The molecule has 1 atom stereocenters. The van der Waals surface area contributed by atoms with Crippen molar-refractivity contribution in [2.45, 2.75) is 19.3 Å². The van der Waals surface area contributed by atoms with Crippen molar-refractivity contribution >= 4 is 17.9 Å². The summed E-state index contributed by atoms with van der Waals surface area (Å²) in [6.45, 7) is 0. The lowest BCUT2D eigenvalue weighted by Gasteiger charge is -2.21. The molecule has 122 valence electrons. The molecule has 2 aromatic carbocycles. The highest BCUT2D eigenvalue weighted by molar-refractivity contribution is 5.99. The number of Topliss-reactive ketones (excluding diaryl/α,β-unsaturated/α-hetero) is 1. The minimum Gasteiger partial charge on any atom is -0.461 e. The Bertz CT molecular complexity index is 1090. The molecule has 1 unspecified atom stereocenters. The number of rotatable bonds is 2. The number of furan rings is 1. The second-order valence-electron chi connectivity index (χ2n) is 6.82. The zero-order valence-corrected chi connectivity index (χ0v) is 13.9. The molecule has 0 aliphatic heterocycles. The number of hydrogen-bond donors (Lipinski definition) is 0. The van der Waals surface area contributed by atoms with Crippen molar-refractivity contribution < 1.29 is 9.21 Å². The first-order chi connectivity index (χ1) is 12.3. The van der Waals surface area contributed by atoms with Crippen molar-refractivity contribution in [2.75, 3.05) is 0 Å². The van der Waals surface area contributed by atoms with Gasteiger partial charge in [0.05, 0.1) is 6.26 Å². The van der Waals surface area contributed by atoms with E-state index in [1.54, 1.807) is 18.4 Å². The van der Waals surface area contributed by atoms with Crippen molar-refractivity contribution in [3.8, 4) is 11.1 Å². The van der Waals surface area contributed by atoms with Gasteiger partial charge in [-0.1, -0.05) is 48.6 Å². The highest BCUT2D eigenvalue weighted by Crippen LogP contribution is 2.26.